The van der Waals surface area contributed by atoms with Crippen LogP contribution in [0.15, 0.2) is 0 Å². The van der Waals surface area contributed by atoms with Gasteiger partial charge in [0.05, 0.1) is 0 Å². The summed E-state index contributed by atoms with van der Waals surface area (Å²) in [6, 6.07) is 1.28. The monoisotopic (exact) mass is 196 g/mol. The van der Waals surface area contributed by atoms with Crippen LogP contribution in [0.2, 0.25) is 0 Å². The van der Waals surface area contributed by atoms with Gasteiger partial charge in [0.15, 0.2) is 0 Å². The van der Waals surface area contributed by atoms with Gasteiger partial charge in [0.25, 0.3) is 0 Å². The minimum Gasteiger partial charge on any atom is -0.352 e. The molecule has 1 unspecified atom stereocenters. The van der Waals surface area contributed by atoms with E-state index in [-0.39, 0.29) is 5.91 Å². The van der Waals surface area contributed by atoms with Crippen LogP contribution in [0, 0.1) is 0 Å². The van der Waals surface area contributed by atoms with Crippen molar-refractivity contribution in [3.8, 4) is 0 Å². The van der Waals surface area contributed by atoms with E-state index in [0.717, 1.165) is 25.4 Å². The highest BCUT2D eigenvalue weighted by atomic mass is 16.1. The maximum absolute atomic E-state index is 11.4. The van der Waals surface area contributed by atoms with Crippen LogP contribution in [-0.2, 0) is 4.79 Å². The van der Waals surface area contributed by atoms with Crippen molar-refractivity contribution in [3.63, 3.8) is 0 Å². The number of carbonyl (C=O) groups is 1. The van der Waals surface area contributed by atoms with E-state index in [2.05, 4.69) is 10.2 Å². The maximum Gasteiger partial charge on any atom is 0.220 e. The second kappa shape index (κ2) is 4.30. The van der Waals surface area contributed by atoms with Crippen LogP contribution in [0.3, 0.4) is 0 Å². The molecule has 3 heteroatoms. The van der Waals surface area contributed by atoms with Gasteiger partial charge in [0.1, 0.15) is 0 Å². The molecule has 2 fully saturated rings. The van der Waals surface area contributed by atoms with Crippen LogP contribution in [0.25, 0.3) is 0 Å². The third-order valence-corrected chi connectivity index (χ3v) is 3.13. The maximum atomic E-state index is 11.4. The van der Waals surface area contributed by atoms with Crippen LogP contribution in [-0.4, -0.2) is 36.0 Å². The molecule has 1 saturated heterocycles. The number of rotatable bonds is 4. The largest absolute Gasteiger partial charge is 0.352 e. The van der Waals surface area contributed by atoms with Crippen LogP contribution >= 0.6 is 0 Å². The van der Waals surface area contributed by atoms with Gasteiger partial charge >= 0.3 is 0 Å². The summed E-state index contributed by atoms with van der Waals surface area (Å²) in [6.07, 6.45) is 5.52. The van der Waals surface area contributed by atoms with E-state index in [4.69, 9.17) is 0 Å². The van der Waals surface area contributed by atoms with Crippen molar-refractivity contribution in [1.82, 2.24) is 10.2 Å². The third-order valence-electron chi connectivity index (χ3n) is 3.13. The van der Waals surface area contributed by atoms with Crippen molar-refractivity contribution < 1.29 is 4.79 Å². The Hall–Kier alpha value is -0.570. The fraction of sp³-hybridized carbons (Fsp3) is 0.909. The number of carbonyl (C=O) groups excluding carboxylic acids is 1. The summed E-state index contributed by atoms with van der Waals surface area (Å²) >= 11 is 0. The van der Waals surface area contributed by atoms with Gasteiger partial charge in [-0.3, -0.25) is 9.69 Å². The average molecular weight is 196 g/mol. The summed E-state index contributed by atoms with van der Waals surface area (Å²) < 4.78 is 0. The highest BCUT2D eigenvalue weighted by Gasteiger charge is 2.34. The molecule has 0 aromatic heterocycles. The van der Waals surface area contributed by atoms with E-state index < -0.39 is 0 Å². The zero-order chi connectivity index (χ0) is 9.97. The SMILES string of the molecule is CCCC(=O)NC1CCN(C2CC2)C1. The number of hydrogen-bond acceptors (Lipinski definition) is 2. The molecule has 3 nitrogen and oxygen atoms in total. The van der Waals surface area contributed by atoms with Crippen molar-refractivity contribution in [2.45, 2.75) is 51.1 Å². The minimum atomic E-state index is 0.232. The molecule has 0 bridgehead atoms. The number of likely N-dealkylation sites (tertiary alicyclic amines) is 1. The fourth-order valence-corrected chi connectivity index (χ4v) is 2.20. The van der Waals surface area contributed by atoms with E-state index >= 15 is 0 Å². The zero-order valence-corrected chi connectivity index (χ0v) is 8.96. The Balaban J connectivity index is 1.69. The molecule has 1 atom stereocenters. The number of hydrogen-bond donors (Lipinski definition) is 1. The van der Waals surface area contributed by atoms with Crippen molar-refractivity contribution in [3.05, 3.63) is 0 Å². The lowest BCUT2D eigenvalue weighted by Gasteiger charge is -2.15. The van der Waals surface area contributed by atoms with Crippen molar-refractivity contribution in [2.75, 3.05) is 13.1 Å². The second-order valence-electron chi connectivity index (χ2n) is 4.53. The van der Waals surface area contributed by atoms with E-state index in [9.17, 15) is 4.79 Å². The Kier molecular flexibility index (Phi) is 3.06. The highest BCUT2D eigenvalue weighted by molar-refractivity contribution is 5.76. The van der Waals surface area contributed by atoms with Crippen LogP contribution < -0.4 is 5.32 Å². The molecule has 1 heterocycles. The van der Waals surface area contributed by atoms with Crippen molar-refractivity contribution >= 4 is 5.91 Å². The molecule has 14 heavy (non-hydrogen) atoms. The molecule has 1 saturated carbocycles. The molecule has 2 rings (SSSR count). The van der Waals surface area contributed by atoms with Gasteiger partial charge in [-0.15, -0.1) is 0 Å². The molecule has 1 amide bonds. The van der Waals surface area contributed by atoms with Gasteiger partial charge < -0.3 is 5.32 Å². The molecule has 1 aliphatic heterocycles. The first-order valence-electron chi connectivity index (χ1n) is 5.83. The molecular weight excluding hydrogens is 176 g/mol. The number of nitrogens with one attached hydrogen (secondary N) is 1. The molecule has 80 valence electrons. The van der Waals surface area contributed by atoms with Crippen LogP contribution in [0.4, 0.5) is 0 Å². The summed E-state index contributed by atoms with van der Waals surface area (Å²) in [4.78, 5) is 13.9. The molecule has 0 radical (unpaired) electrons. The van der Waals surface area contributed by atoms with Crippen LogP contribution in [0.1, 0.15) is 39.0 Å². The van der Waals surface area contributed by atoms with Gasteiger partial charge in [0.2, 0.25) is 5.91 Å². The predicted molar refractivity (Wildman–Crippen MR) is 56.1 cm³/mol. The third kappa shape index (κ3) is 2.47. The molecular formula is C11H20N2O. The lowest BCUT2D eigenvalue weighted by atomic mass is 10.2. The first-order valence-corrected chi connectivity index (χ1v) is 5.83. The Morgan fingerprint density at radius 1 is 1.43 bits per heavy atom. The topological polar surface area (TPSA) is 32.3 Å². The number of nitrogens with zero attached hydrogens (tertiary/aromatic N) is 1. The van der Waals surface area contributed by atoms with E-state index in [1.165, 1.54) is 19.4 Å². The van der Waals surface area contributed by atoms with E-state index in [0.29, 0.717) is 12.5 Å². The second-order valence-corrected chi connectivity index (χ2v) is 4.53. The predicted octanol–water partition coefficient (Wildman–Crippen LogP) is 1.14. The molecule has 1 aliphatic carbocycles. The van der Waals surface area contributed by atoms with Gasteiger partial charge in [-0.2, -0.15) is 0 Å². The van der Waals surface area contributed by atoms with Crippen molar-refractivity contribution in [1.29, 1.82) is 0 Å². The van der Waals surface area contributed by atoms with E-state index in [1.807, 2.05) is 6.92 Å². The molecule has 0 spiro atoms. The number of amides is 1. The van der Waals surface area contributed by atoms with Gasteiger partial charge in [-0.1, -0.05) is 6.92 Å². The Morgan fingerprint density at radius 2 is 2.21 bits per heavy atom. The highest BCUT2D eigenvalue weighted by Crippen LogP contribution is 2.29. The summed E-state index contributed by atoms with van der Waals surface area (Å²) in [5, 5.41) is 3.11. The zero-order valence-electron chi connectivity index (χ0n) is 8.96. The van der Waals surface area contributed by atoms with Crippen molar-refractivity contribution in [2.24, 2.45) is 0 Å². The lowest BCUT2D eigenvalue weighted by molar-refractivity contribution is -0.121. The first kappa shape index (κ1) is 9.97. The average Bonchev–Trinajstić information content (AvgIpc) is 2.89. The molecule has 2 aliphatic rings. The smallest absolute Gasteiger partial charge is 0.220 e. The minimum absolute atomic E-state index is 0.232. The van der Waals surface area contributed by atoms with Gasteiger partial charge in [-0.25, -0.2) is 0 Å². The first-order chi connectivity index (χ1) is 6.79. The Bertz CT molecular complexity index is 213. The Labute approximate surface area is 85.8 Å². The Morgan fingerprint density at radius 3 is 2.86 bits per heavy atom. The standard InChI is InChI=1S/C11H20N2O/c1-2-3-11(14)12-9-6-7-13(8-9)10-4-5-10/h9-10H,2-8H2,1H3,(H,12,14). The fourth-order valence-electron chi connectivity index (χ4n) is 2.20. The van der Waals surface area contributed by atoms with Gasteiger partial charge in [-0.05, 0) is 25.7 Å². The molecule has 0 aromatic carbocycles. The lowest BCUT2D eigenvalue weighted by Crippen LogP contribution is -2.37. The summed E-state index contributed by atoms with van der Waals surface area (Å²) in [6.45, 7) is 4.31. The van der Waals surface area contributed by atoms with Crippen LogP contribution in [0.5, 0.6) is 0 Å². The summed E-state index contributed by atoms with van der Waals surface area (Å²) in [7, 11) is 0. The molecule has 0 aromatic rings. The van der Waals surface area contributed by atoms with E-state index in [1.54, 1.807) is 0 Å². The van der Waals surface area contributed by atoms with Gasteiger partial charge in [0, 0.05) is 31.6 Å². The summed E-state index contributed by atoms with van der Waals surface area (Å²) in [5.41, 5.74) is 0. The quantitative estimate of drug-likeness (QED) is 0.731. The summed E-state index contributed by atoms with van der Waals surface area (Å²) in [5.74, 6) is 0.232. The molecule has 1 N–H and O–H groups in total. The normalized spacial score (nSPS) is 27.9.